The Labute approximate surface area is 158 Å². The third kappa shape index (κ3) is 6.75. The zero-order valence-corrected chi connectivity index (χ0v) is 15.2. The first kappa shape index (κ1) is 22.1. The van der Waals surface area contributed by atoms with Gasteiger partial charge in [0.15, 0.2) is 5.96 Å². The summed E-state index contributed by atoms with van der Waals surface area (Å²) in [5.41, 5.74) is -0.858. The van der Waals surface area contributed by atoms with E-state index in [4.69, 9.17) is 4.74 Å². The Kier molecular flexibility index (Phi) is 7.36. The molecule has 0 atom stereocenters. The molecule has 1 saturated carbocycles. The van der Waals surface area contributed by atoms with E-state index in [9.17, 15) is 26.3 Å². The Balaban J connectivity index is 1.69. The van der Waals surface area contributed by atoms with Gasteiger partial charge in [0.1, 0.15) is 6.61 Å². The SMILES string of the molecule is CN=C(NCCOc1ccc(C(F)(F)F)cn1)NC1CCC(C(F)(F)F)CC1. The van der Waals surface area contributed by atoms with E-state index in [-0.39, 0.29) is 31.4 Å². The number of halogens is 6. The molecule has 0 amide bonds. The second kappa shape index (κ2) is 9.33. The normalized spacial score (nSPS) is 21.3. The van der Waals surface area contributed by atoms with Gasteiger partial charge in [0.2, 0.25) is 5.88 Å². The molecule has 11 heteroatoms. The van der Waals surface area contributed by atoms with Crippen LogP contribution in [0.3, 0.4) is 0 Å². The predicted molar refractivity (Wildman–Crippen MR) is 91.0 cm³/mol. The van der Waals surface area contributed by atoms with Crippen molar-refractivity contribution in [3.63, 3.8) is 0 Å². The summed E-state index contributed by atoms with van der Waals surface area (Å²) in [6.45, 7) is 0.417. The molecule has 1 fully saturated rings. The highest BCUT2D eigenvalue weighted by Gasteiger charge is 2.41. The lowest BCUT2D eigenvalue weighted by Crippen LogP contribution is -2.46. The van der Waals surface area contributed by atoms with E-state index < -0.39 is 23.8 Å². The van der Waals surface area contributed by atoms with Gasteiger partial charge in [-0.2, -0.15) is 26.3 Å². The van der Waals surface area contributed by atoms with E-state index in [1.54, 1.807) is 0 Å². The smallest absolute Gasteiger partial charge is 0.417 e. The number of nitrogens with zero attached hydrogens (tertiary/aromatic N) is 2. The van der Waals surface area contributed by atoms with Crippen molar-refractivity contribution in [3.8, 4) is 5.88 Å². The lowest BCUT2D eigenvalue weighted by Gasteiger charge is -2.31. The molecule has 0 aromatic carbocycles. The maximum atomic E-state index is 12.7. The van der Waals surface area contributed by atoms with Crippen molar-refractivity contribution in [1.82, 2.24) is 15.6 Å². The first-order valence-electron chi connectivity index (χ1n) is 8.79. The molecule has 1 aliphatic carbocycles. The van der Waals surface area contributed by atoms with Crippen molar-refractivity contribution < 1.29 is 31.1 Å². The third-order valence-electron chi connectivity index (χ3n) is 4.46. The minimum absolute atomic E-state index is 0.0585. The summed E-state index contributed by atoms with van der Waals surface area (Å²) in [6, 6.07) is 1.92. The van der Waals surface area contributed by atoms with Crippen LogP contribution in [0.25, 0.3) is 0 Å². The zero-order valence-electron chi connectivity index (χ0n) is 15.2. The van der Waals surface area contributed by atoms with Crippen LogP contribution in [0, 0.1) is 5.92 Å². The Morgan fingerprint density at radius 3 is 2.32 bits per heavy atom. The van der Waals surface area contributed by atoms with Crippen molar-refractivity contribution in [2.24, 2.45) is 10.9 Å². The van der Waals surface area contributed by atoms with E-state index >= 15 is 0 Å². The summed E-state index contributed by atoms with van der Waals surface area (Å²) in [5.74, 6) is -0.757. The second-order valence-corrected chi connectivity index (χ2v) is 6.46. The standard InChI is InChI=1S/C17H22F6N4O/c1-24-15(27-13-5-2-11(3-6-13)16(18,19)20)25-8-9-28-14-7-4-12(10-26-14)17(21,22)23/h4,7,10-11,13H,2-3,5-6,8-9H2,1H3,(H2,24,25,27). The Morgan fingerprint density at radius 1 is 1.14 bits per heavy atom. The lowest BCUT2D eigenvalue weighted by molar-refractivity contribution is -0.182. The van der Waals surface area contributed by atoms with Crippen LogP contribution in [0.2, 0.25) is 0 Å². The quantitative estimate of drug-likeness (QED) is 0.335. The number of rotatable bonds is 5. The average molecular weight is 412 g/mol. The van der Waals surface area contributed by atoms with Crippen molar-refractivity contribution in [2.45, 2.75) is 44.1 Å². The fourth-order valence-corrected chi connectivity index (χ4v) is 2.91. The first-order chi connectivity index (χ1) is 13.1. The molecule has 0 aliphatic heterocycles. The van der Waals surface area contributed by atoms with Crippen LogP contribution < -0.4 is 15.4 Å². The van der Waals surface area contributed by atoms with Gasteiger partial charge in [0.25, 0.3) is 0 Å². The van der Waals surface area contributed by atoms with Gasteiger partial charge in [-0.3, -0.25) is 4.99 Å². The number of aliphatic imine (C=N–C) groups is 1. The highest BCUT2D eigenvalue weighted by molar-refractivity contribution is 5.79. The van der Waals surface area contributed by atoms with Gasteiger partial charge in [-0.15, -0.1) is 0 Å². The van der Waals surface area contributed by atoms with Crippen molar-refractivity contribution in [3.05, 3.63) is 23.9 Å². The first-order valence-corrected chi connectivity index (χ1v) is 8.79. The minimum Gasteiger partial charge on any atom is -0.476 e. The Bertz CT molecular complexity index is 637. The van der Waals surface area contributed by atoms with Gasteiger partial charge in [-0.05, 0) is 31.7 Å². The van der Waals surface area contributed by atoms with Crippen LogP contribution in [0.15, 0.2) is 23.3 Å². The molecule has 2 N–H and O–H groups in total. The number of aromatic nitrogens is 1. The number of hydrogen-bond acceptors (Lipinski definition) is 3. The van der Waals surface area contributed by atoms with Crippen LogP contribution in [0.5, 0.6) is 5.88 Å². The van der Waals surface area contributed by atoms with Gasteiger partial charge in [-0.1, -0.05) is 0 Å². The molecule has 0 radical (unpaired) electrons. The van der Waals surface area contributed by atoms with E-state index in [0.717, 1.165) is 12.1 Å². The number of nitrogens with one attached hydrogen (secondary N) is 2. The summed E-state index contributed by atoms with van der Waals surface area (Å²) < 4.78 is 80.7. The highest BCUT2D eigenvalue weighted by atomic mass is 19.4. The topological polar surface area (TPSA) is 58.5 Å². The minimum atomic E-state index is -4.45. The predicted octanol–water partition coefficient (Wildman–Crippen LogP) is 3.77. The van der Waals surface area contributed by atoms with Gasteiger partial charge < -0.3 is 15.4 Å². The zero-order chi connectivity index (χ0) is 20.8. The van der Waals surface area contributed by atoms with E-state index in [2.05, 4.69) is 20.6 Å². The van der Waals surface area contributed by atoms with E-state index in [1.165, 1.54) is 7.05 Å². The monoisotopic (exact) mass is 412 g/mol. The molecule has 0 unspecified atom stereocenters. The molecule has 1 aromatic rings. The number of pyridine rings is 1. The average Bonchev–Trinajstić information content (AvgIpc) is 2.63. The molecule has 5 nitrogen and oxygen atoms in total. The second-order valence-electron chi connectivity index (χ2n) is 6.46. The fourth-order valence-electron chi connectivity index (χ4n) is 2.91. The van der Waals surface area contributed by atoms with Gasteiger partial charge in [0.05, 0.1) is 18.0 Å². The van der Waals surface area contributed by atoms with Gasteiger partial charge >= 0.3 is 12.4 Å². The van der Waals surface area contributed by atoms with Crippen molar-refractivity contribution in [1.29, 1.82) is 0 Å². The molecule has 0 bridgehead atoms. The maximum Gasteiger partial charge on any atom is 0.417 e. The van der Waals surface area contributed by atoms with Crippen LogP contribution in [-0.2, 0) is 6.18 Å². The lowest BCUT2D eigenvalue weighted by atomic mass is 9.85. The largest absolute Gasteiger partial charge is 0.476 e. The maximum absolute atomic E-state index is 12.7. The number of ether oxygens (including phenoxy) is 1. The molecule has 158 valence electrons. The molecule has 1 aromatic heterocycles. The number of alkyl halides is 6. The van der Waals surface area contributed by atoms with Crippen LogP contribution in [0.1, 0.15) is 31.2 Å². The number of guanidine groups is 1. The van der Waals surface area contributed by atoms with Crippen LogP contribution in [0.4, 0.5) is 26.3 Å². The molecule has 1 aliphatic rings. The van der Waals surface area contributed by atoms with Crippen molar-refractivity contribution in [2.75, 3.05) is 20.2 Å². The van der Waals surface area contributed by atoms with E-state index in [0.29, 0.717) is 31.5 Å². The molecule has 28 heavy (non-hydrogen) atoms. The fraction of sp³-hybridized carbons (Fsp3) is 0.647. The summed E-state index contributed by atoms with van der Waals surface area (Å²) in [6.07, 6.45) is -6.94. The van der Waals surface area contributed by atoms with Gasteiger partial charge in [0, 0.05) is 25.4 Å². The molecule has 1 heterocycles. The molecule has 0 spiro atoms. The molecular formula is C17H22F6N4O. The van der Waals surface area contributed by atoms with Crippen LogP contribution in [-0.4, -0.2) is 43.4 Å². The Hall–Kier alpha value is -2.20. The third-order valence-corrected chi connectivity index (χ3v) is 4.46. The van der Waals surface area contributed by atoms with Crippen molar-refractivity contribution >= 4 is 5.96 Å². The summed E-state index contributed by atoms with van der Waals surface area (Å²) in [5, 5.41) is 6.02. The molecule has 0 saturated heterocycles. The van der Waals surface area contributed by atoms with E-state index in [1.807, 2.05) is 0 Å². The molecular weight excluding hydrogens is 390 g/mol. The molecule has 2 rings (SSSR count). The summed E-state index contributed by atoms with van der Waals surface area (Å²) >= 11 is 0. The summed E-state index contributed by atoms with van der Waals surface area (Å²) in [7, 11) is 1.54. The van der Waals surface area contributed by atoms with Gasteiger partial charge in [-0.25, -0.2) is 4.98 Å². The highest BCUT2D eigenvalue weighted by Crippen LogP contribution is 2.37. The van der Waals surface area contributed by atoms with Crippen LogP contribution >= 0.6 is 0 Å². The number of hydrogen-bond donors (Lipinski definition) is 2. The Morgan fingerprint density at radius 2 is 1.82 bits per heavy atom. The summed E-state index contributed by atoms with van der Waals surface area (Å²) in [4.78, 5) is 7.60.